The van der Waals surface area contributed by atoms with Gasteiger partial charge < -0.3 is 9.84 Å². The van der Waals surface area contributed by atoms with Crippen molar-refractivity contribution in [1.82, 2.24) is 15.5 Å². The molecule has 0 aliphatic carbocycles. The molecule has 1 aromatic heterocycles. The summed E-state index contributed by atoms with van der Waals surface area (Å²) in [4.78, 5) is 4.24. The van der Waals surface area contributed by atoms with Gasteiger partial charge in [0.1, 0.15) is 0 Å². The predicted molar refractivity (Wildman–Crippen MR) is 82.9 cm³/mol. The Morgan fingerprint density at radius 3 is 2.17 bits per heavy atom. The summed E-state index contributed by atoms with van der Waals surface area (Å²) in [7, 11) is 1.86. The monoisotopic (exact) mass is 333 g/mol. The molecule has 0 atom stereocenters. The molecule has 3 rings (SSSR count). The topological polar surface area (TPSA) is 51.0 Å². The fourth-order valence-electron chi connectivity index (χ4n) is 2.24. The van der Waals surface area contributed by atoms with Crippen LogP contribution in [0.3, 0.4) is 0 Å². The van der Waals surface area contributed by atoms with Crippen molar-refractivity contribution in [3.8, 4) is 22.8 Å². The molecule has 0 aliphatic heterocycles. The molecule has 0 fully saturated rings. The van der Waals surface area contributed by atoms with E-state index in [-0.39, 0.29) is 5.89 Å². The highest BCUT2D eigenvalue weighted by molar-refractivity contribution is 5.60. The Hall–Kier alpha value is -2.67. The second kappa shape index (κ2) is 6.45. The maximum Gasteiger partial charge on any atom is 0.416 e. The summed E-state index contributed by atoms with van der Waals surface area (Å²) in [6, 6.07) is 12.2. The maximum absolute atomic E-state index is 12.6. The van der Waals surface area contributed by atoms with Crippen LogP contribution >= 0.6 is 0 Å². The molecule has 0 spiro atoms. The third-order valence-corrected chi connectivity index (χ3v) is 3.48. The van der Waals surface area contributed by atoms with Crippen LogP contribution in [0.15, 0.2) is 53.1 Å². The van der Waals surface area contributed by atoms with Gasteiger partial charge in [0.05, 0.1) is 5.56 Å². The van der Waals surface area contributed by atoms with Gasteiger partial charge in [-0.3, -0.25) is 0 Å². The Bertz CT molecular complexity index is 808. The fourth-order valence-corrected chi connectivity index (χ4v) is 2.24. The molecule has 0 bridgehead atoms. The number of benzene rings is 2. The first kappa shape index (κ1) is 16.2. The van der Waals surface area contributed by atoms with Crippen LogP contribution in [-0.2, 0) is 12.7 Å². The Balaban J connectivity index is 1.82. The zero-order chi connectivity index (χ0) is 17.2. The number of rotatable bonds is 4. The van der Waals surface area contributed by atoms with Gasteiger partial charge in [-0.15, -0.1) is 0 Å². The van der Waals surface area contributed by atoms with E-state index in [1.54, 1.807) is 0 Å². The number of hydrogen-bond acceptors (Lipinski definition) is 4. The molecule has 3 aromatic rings. The predicted octanol–water partition coefficient (Wildman–Crippen LogP) is 4.14. The minimum absolute atomic E-state index is 0.179. The fraction of sp³-hybridized carbons (Fsp3) is 0.176. The van der Waals surface area contributed by atoms with E-state index in [2.05, 4.69) is 15.5 Å². The van der Waals surface area contributed by atoms with Gasteiger partial charge in [0.25, 0.3) is 5.89 Å². The average Bonchev–Trinajstić information content (AvgIpc) is 3.05. The van der Waals surface area contributed by atoms with Crippen molar-refractivity contribution in [2.24, 2.45) is 0 Å². The van der Waals surface area contributed by atoms with Gasteiger partial charge in [0, 0.05) is 17.7 Å². The summed E-state index contributed by atoms with van der Waals surface area (Å²) < 4.78 is 42.9. The summed E-state index contributed by atoms with van der Waals surface area (Å²) in [6.45, 7) is 0.753. The number of nitrogens with one attached hydrogen (secondary N) is 1. The SMILES string of the molecule is CNCc1ccc(-c2noc(-c3ccc(C(F)(F)F)cc3)n2)cc1. The number of halogens is 3. The van der Waals surface area contributed by atoms with Crippen molar-refractivity contribution in [1.29, 1.82) is 0 Å². The summed E-state index contributed by atoms with van der Waals surface area (Å²) >= 11 is 0. The van der Waals surface area contributed by atoms with E-state index >= 15 is 0 Å². The number of nitrogens with zero attached hydrogens (tertiary/aromatic N) is 2. The minimum Gasteiger partial charge on any atom is -0.334 e. The van der Waals surface area contributed by atoms with Crippen molar-refractivity contribution in [3.05, 3.63) is 59.7 Å². The van der Waals surface area contributed by atoms with E-state index in [9.17, 15) is 13.2 Å². The van der Waals surface area contributed by atoms with Crippen LogP contribution < -0.4 is 5.32 Å². The van der Waals surface area contributed by atoms with Crippen LogP contribution in [0.4, 0.5) is 13.2 Å². The lowest BCUT2D eigenvalue weighted by atomic mass is 10.1. The second-order valence-corrected chi connectivity index (χ2v) is 5.23. The minimum atomic E-state index is -4.37. The molecule has 0 aliphatic rings. The maximum atomic E-state index is 12.6. The van der Waals surface area contributed by atoms with Crippen molar-refractivity contribution >= 4 is 0 Å². The molecule has 0 saturated carbocycles. The highest BCUT2D eigenvalue weighted by Crippen LogP contribution is 2.31. The van der Waals surface area contributed by atoms with E-state index in [1.165, 1.54) is 12.1 Å². The number of aromatic nitrogens is 2. The van der Waals surface area contributed by atoms with E-state index in [0.717, 1.165) is 29.8 Å². The lowest BCUT2D eigenvalue weighted by Gasteiger charge is -2.05. The molecule has 7 heteroatoms. The summed E-state index contributed by atoms with van der Waals surface area (Å²) in [6.07, 6.45) is -4.37. The van der Waals surface area contributed by atoms with Gasteiger partial charge in [-0.2, -0.15) is 18.2 Å². The van der Waals surface area contributed by atoms with Crippen LogP contribution in [0, 0.1) is 0 Å². The van der Waals surface area contributed by atoms with E-state index < -0.39 is 11.7 Å². The van der Waals surface area contributed by atoms with Gasteiger partial charge in [0.2, 0.25) is 5.82 Å². The number of alkyl halides is 3. The lowest BCUT2D eigenvalue weighted by molar-refractivity contribution is -0.137. The van der Waals surface area contributed by atoms with E-state index in [0.29, 0.717) is 11.4 Å². The second-order valence-electron chi connectivity index (χ2n) is 5.23. The Labute approximate surface area is 136 Å². The third-order valence-electron chi connectivity index (χ3n) is 3.48. The first-order chi connectivity index (χ1) is 11.5. The smallest absolute Gasteiger partial charge is 0.334 e. The van der Waals surface area contributed by atoms with Gasteiger partial charge in [-0.1, -0.05) is 29.4 Å². The van der Waals surface area contributed by atoms with Crippen molar-refractivity contribution in [2.75, 3.05) is 7.05 Å². The van der Waals surface area contributed by atoms with E-state index in [4.69, 9.17) is 4.52 Å². The Morgan fingerprint density at radius 2 is 1.58 bits per heavy atom. The molecular formula is C17H14F3N3O. The molecule has 1 heterocycles. The van der Waals surface area contributed by atoms with Gasteiger partial charge in [0.15, 0.2) is 0 Å². The van der Waals surface area contributed by atoms with Crippen LogP contribution in [-0.4, -0.2) is 17.2 Å². The Kier molecular flexibility index (Phi) is 4.35. The zero-order valence-electron chi connectivity index (χ0n) is 12.8. The van der Waals surface area contributed by atoms with Crippen LogP contribution in [0.1, 0.15) is 11.1 Å². The Morgan fingerprint density at radius 1 is 0.958 bits per heavy atom. The number of hydrogen-bond donors (Lipinski definition) is 1. The molecule has 1 N–H and O–H groups in total. The molecule has 4 nitrogen and oxygen atoms in total. The highest BCUT2D eigenvalue weighted by atomic mass is 19.4. The molecule has 2 aromatic carbocycles. The van der Waals surface area contributed by atoms with Crippen molar-refractivity contribution in [3.63, 3.8) is 0 Å². The molecule has 0 saturated heterocycles. The molecule has 24 heavy (non-hydrogen) atoms. The summed E-state index contributed by atoms with van der Waals surface area (Å²) in [5.74, 6) is 0.568. The molecule has 0 amide bonds. The first-order valence-corrected chi connectivity index (χ1v) is 7.22. The highest BCUT2D eigenvalue weighted by Gasteiger charge is 2.30. The molecule has 0 radical (unpaired) electrons. The van der Waals surface area contributed by atoms with E-state index in [1.807, 2.05) is 31.3 Å². The van der Waals surface area contributed by atoms with Crippen LogP contribution in [0.5, 0.6) is 0 Å². The third kappa shape index (κ3) is 3.46. The normalized spacial score (nSPS) is 11.7. The van der Waals surface area contributed by atoms with Crippen LogP contribution in [0.25, 0.3) is 22.8 Å². The van der Waals surface area contributed by atoms with Crippen molar-refractivity contribution < 1.29 is 17.7 Å². The quantitative estimate of drug-likeness (QED) is 0.779. The lowest BCUT2D eigenvalue weighted by Crippen LogP contribution is -2.04. The molecular weight excluding hydrogens is 319 g/mol. The summed E-state index contributed by atoms with van der Waals surface area (Å²) in [5.41, 5.74) is 1.61. The summed E-state index contributed by atoms with van der Waals surface area (Å²) in [5, 5.41) is 6.94. The largest absolute Gasteiger partial charge is 0.416 e. The van der Waals surface area contributed by atoms with Gasteiger partial charge in [-0.25, -0.2) is 0 Å². The van der Waals surface area contributed by atoms with Crippen LogP contribution in [0.2, 0.25) is 0 Å². The van der Waals surface area contributed by atoms with Crippen molar-refractivity contribution in [2.45, 2.75) is 12.7 Å². The molecule has 0 unspecified atom stereocenters. The van der Waals surface area contributed by atoms with Gasteiger partial charge in [-0.05, 0) is 36.9 Å². The average molecular weight is 333 g/mol. The first-order valence-electron chi connectivity index (χ1n) is 7.22. The zero-order valence-corrected chi connectivity index (χ0v) is 12.8. The van der Waals surface area contributed by atoms with Gasteiger partial charge >= 0.3 is 6.18 Å². The molecule has 124 valence electrons. The standard InChI is InChI=1S/C17H14F3N3O/c1-21-10-11-2-4-12(5-3-11)15-22-16(24-23-15)13-6-8-14(9-7-13)17(18,19)20/h2-9,21H,10H2,1H3.